The SMILES string of the molecule is CN[C@@H](C)CC=Cc1cncc(O[C@@H]2CCN(C(=O)C(C)(C)C)C2)c1. The zero-order valence-electron chi connectivity index (χ0n) is 16.1. The summed E-state index contributed by atoms with van der Waals surface area (Å²) >= 11 is 0. The second-order valence-corrected chi connectivity index (χ2v) is 7.81. The molecule has 1 N–H and O–H groups in total. The molecule has 5 heteroatoms. The lowest BCUT2D eigenvalue weighted by molar-refractivity contribution is -0.138. The fourth-order valence-corrected chi connectivity index (χ4v) is 2.79. The topological polar surface area (TPSA) is 54.5 Å². The molecule has 0 radical (unpaired) electrons. The number of ether oxygens (including phenoxy) is 1. The van der Waals surface area contributed by atoms with Gasteiger partial charge < -0.3 is 15.0 Å². The summed E-state index contributed by atoms with van der Waals surface area (Å²) in [6.45, 7) is 9.42. The van der Waals surface area contributed by atoms with E-state index in [1.807, 2.05) is 45.0 Å². The van der Waals surface area contributed by atoms with E-state index in [4.69, 9.17) is 4.74 Å². The van der Waals surface area contributed by atoms with Crippen molar-refractivity contribution in [1.82, 2.24) is 15.2 Å². The number of pyridine rings is 1. The minimum absolute atomic E-state index is 0.0386. The van der Waals surface area contributed by atoms with Crippen molar-refractivity contribution in [3.63, 3.8) is 0 Å². The molecule has 5 nitrogen and oxygen atoms in total. The second kappa shape index (κ2) is 8.48. The molecule has 25 heavy (non-hydrogen) atoms. The molecule has 2 atom stereocenters. The van der Waals surface area contributed by atoms with Crippen LogP contribution in [0.3, 0.4) is 0 Å². The van der Waals surface area contributed by atoms with Crippen molar-refractivity contribution in [3.8, 4) is 5.75 Å². The minimum Gasteiger partial charge on any atom is -0.487 e. The molecule has 1 aliphatic heterocycles. The molecule has 1 aromatic rings. The lowest BCUT2D eigenvalue weighted by Crippen LogP contribution is -2.38. The molecule has 1 aromatic heterocycles. The summed E-state index contributed by atoms with van der Waals surface area (Å²) in [5, 5.41) is 3.21. The first-order valence-electron chi connectivity index (χ1n) is 9.04. The van der Waals surface area contributed by atoms with Crippen molar-refractivity contribution < 1.29 is 9.53 Å². The van der Waals surface area contributed by atoms with Crippen LogP contribution in [0.4, 0.5) is 0 Å². The summed E-state index contributed by atoms with van der Waals surface area (Å²) < 4.78 is 6.06. The third-order valence-electron chi connectivity index (χ3n) is 4.40. The Hall–Kier alpha value is -1.88. The highest BCUT2D eigenvalue weighted by Crippen LogP contribution is 2.24. The summed E-state index contributed by atoms with van der Waals surface area (Å²) in [5.41, 5.74) is 0.687. The number of rotatable bonds is 6. The Balaban J connectivity index is 1.91. The number of amides is 1. The van der Waals surface area contributed by atoms with Crippen molar-refractivity contribution in [3.05, 3.63) is 30.1 Å². The Morgan fingerprint density at radius 1 is 1.48 bits per heavy atom. The second-order valence-electron chi connectivity index (χ2n) is 7.81. The van der Waals surface area contributed by atoms with E-state index in [2.05, 4.69) is 29.4 Å². The predicted octanol–water partition coefficient (Wildman–Crippen LogP) is 3.12. The van der Waals surface area contributed by atoms with Gasteiger partial charge in [0.05, 0.1) is 12.7 Å². The molecule has 0 unspecified atom stereocenters. The summed E-state index contributed by atoms with van der Waals surface area (Å²) in [6, 6.07) is 2.45. The standard InChI is InChI=1S/C20H31N3O2/c1-15(21-5)7-6-8-16-11-18(13-22-12-16)25-17-9-10-23(14-17)19(24)20(2,3)4/h6,8,11-13,15,17,21H,7,9-10,14H2,1-5H3/t15-,17+/m0/s1. The Bertz CT molecular complexity index is 607. The maximum Gasteiger partial charge on any atom is 0.228 e. The average molecular weight is 345 g/mol. The van der Waals surface area contributed by atoms with Gasteiger partial charge in [-0.1, -0.05) is 32.9 Å². The van der Waals surface area contributed by atoms with Gasteiger partial charge in [0.25, 0.3) is 0 Å². The Labute approximate surface area is 151 Å². The van der Waals surface area contributed by atoms with Crippen LogP contribution in [0, 0.1) is 5.41 Å². The van der Waals surface area contributed by atoms with Gasteiger partial charge in [0, 0.05) is 30.6 Å². The van der Waals surface area contributed by atoms with Gasteiger partial charge >= 0.3 is 0 Å². The van der Waals surface area contributed by atoms with E-state index in [1.165, 1.54) is 0 Å². The van der Waals surface area contributed by atoms with Crippen LogP contribution in [0.15, 0.2) is 24.5 Å². The molecule has 2 heterocycles. The number of carbonyl (C=O) groups is 1. The van der Waals surface area contributed by atoms with E-state index in [0.717, 1.165) is 30.7 Å². The number of hydrogen-bond acceptors (Lipinski definition) is 4. The summed E-state index contributed by atoms with van der Waals surface area (Å²) in [4.78, 5) is 18.5. The summed E-state index contributed by atoms with van der Waals surface area (Å²) in [5.74, 6) is 0.950. The highest BCUT2D eigenvalue weighted by molar-refractivity contribution is 5.81. The van der Waals surface area contributed by atoms with E-state index < -0.39 is 0 Å². The first-order chi connectivity index (χ1) is 11.8. The van der Waals surface area contributed by atoms with Crippen molar-refractivity contribution in [1.29, 1.82) is 0 Å². The van der Waals surface area contributed by atoms with Crippen LogP contribution in [0.5, 0.6) is 5.75 Å². The average Bonchev–Trinajstić information content (AvgIpc) is 3.01. The predicted molar refractivity (Wildman–Crippen MR) is 101 cm³/mol. The first-order valence-corrected chi connectivity index (χ1v) is 9.04. The summed E-state index contributed by atoms with van der Waals surface area (Å²) in [6.07, 6.45) is 9.64. The largest absolute Gasteiger partial charge is 0.487 e. The molecule has 138 valence electrons. The third kappa shape index (κ3) is 5.85. The molecule has 0 spiro atoms. The Morgan fingerprint density at radius 2 is 2.24 bits per heavy atom. The summed E-state index contributed by atoms with van der Waals surface area (Å²) in [7, 11) is 1.96. The van der Waals surface area contributed by atoms with Crippen LogP contribution in [0.2, 0.25) is 0 Å². The van der Waals surface area contributed by atoms with Crippen LogP contribution < -0.4 is 10.1 Å². The van der Waals surface area contributed by atoms with Gasteiger partial charge in [-0.25, -0.2) is 0 Å². The monoisotopic (exact) mass is 345 g/mol. The van der Waals surface area contributed by atoms with E-state index >= 15 is 0 Å². The van der Waals surface area contributed by atoms with Crippen LogP contribution >= 0.6 is 0 Å². The molecular weight excluding hydrogens is 314 g/mol. The number of nitrogens with zero attached hydrogens (tertiary/aromatic N) is 2. The molecule has 1 aliphatic rings. The highest BCUT2D eigenvalue weighted by Gasteiger charge is 2.33. The van der Waals surface area contributed by atoms with Gasteiger partial charge in [-0.2, -0.15) is 0 Å². The van der Waals surface area contributed by atoms with E-state index in [1.54, 1.807) is 6.20 Å². The zero-order valence-corrected chi connectivity index (χ0v) is 16.1. The van der Waals surface area contributed by atoms with Gasteiger partial charge in [-0.05, 0) is 32.0 Å². The fraction of sp³-hybridized carbons (Fsp3) is 0.600. The smallest absolute Gasteiger partial charge is 0.228 e. The van der Waals surface area contributed by atoms with E-state index in [-0.39, 0.29) is 17.4 Å². The van der Waals surface area contributed by atoms with Gasteiger partial charge in [0.2, 0.25) is 5.91 Å². The van der Waals surface area contributed by atoms with Gasteiger partial charge in [0.15, 0.2) is 0 Å². The third-order valence-corrected chi connectivity index (χ3v) is 4.40. The molecule has 0 bridgehead atoms. The molecular formula is C20H31N3O2. The lowest BCUT2D eigenvalue weighted by atomic mass is 9.95. The van der Waals surface area contributed by atoms with Crippen LogP contribution in [0.1, 0.15) is 46.1 Å². The van der Waals surface area contributed by atoms with E-state index in [0.29, 0.717) is 12.6 Å². The molecule has 1 fully saturated rings. The van der Waals surface area contributed by atoms with Crippen molar-refractivity contribution in [2.75, 3.05) is 20.1 Å². The van der Waals surface area contributed by atoms with E-state index in [9.17, 15) is 4.79 Å². The molecule has 1 amide bonds. The number of likely N-dealkylation sites (tertiary alicyclic amines) is 1. The number of nitrogens with one attached hydrogen (secondary N) is 1. The number of hydrogen-bond donors (Lipinski definition) is 1. The quantitative estimate of drug-likeness (QED) is 0.861. The van der Waals surface area contributed by atoms with Crippen molar-refractivity contribution in [2.45, 2.75) is 52.7 Å². The molecule has 2 rings (SSSR count). The number of aromatic nitrogens is 1. The Morgan fingerprint density at radius 3 is 2.92 bits per heavy atom. The molecule has 0 aromatic carbocycles. The maximum absolute atomic E-state index is 12.4. The minimum atomic E-state index is -0.342. The zero-order chi connectivity index (χ0) is 18.4. The van der Waals surface area contributed by atoms with Crippen LogP contribution in [-0.4, -0.2) is 48.1 Å². The highest BCUT2D eigenvalue weighted by atomic mass is 16.5. The van der Waals surface area contributed by atoms with Gasteiger partial charge in [0.1, 0.15) is 11.9 Å². The molecule has 0 saturated carbocycles. The Kier molecular flexibility index (Phi) is 6.59. The maximum atomic E-state index is 12.4. The van der Waals surface area contributed by atoms with Gasteiger partial charge in [-0.3, -0.25) is 9.78 Å². The van der Waals surface area contributed by atoms with Crippen LogP contribution in [-0.2, 0) is 4.79 Å². The number of carbonyl (C=O) groups excluding carboxylic acids is 1. The van der Waals surface area contributed by atoms with Crippen molar-refractivity contribution in [2.24, 2.45) is 5.41 Å². The first kappa shape index (κ1) is 19.4. The van der Waals surface area contributed by atoms with Crippen LogP contribution in [0.25, 0.3) is 6.08 Å². The lowest BCUT2D eigenvalue weighted by Gasteiger charge is -2.25. The normalized spacial score (nSPS) is 19.4. The fourth-order valence-electron chi connectivity index (χ4n) is 2.79. The molecule has 0 aliphatic carbocycles. The molecule has 1 saturated heterocycles. The van der Waals surface area contributed by atoms with Crippen molar-refractivity contribution >= 4 is 12.0 Å². The van der Waals surface area contributed by atoms with Gasteiger partial charge in [-0.15, -0.1) is 0 Å².